The van der Waals surface area contributed by atoms with Crippen LogP contribution in [0.1, 0.15) is 52.6 Å². The first-order chi connectivity index (χ1) is 17.9. The second-order valence-electron chi connectivity index (χ2n) is 8.92. The van der Waals surface area contributed by atoms with Crippen molar-refractivity contribution in [3.8, 4) is 28.5 Å². The Hall–Kier alpha value is -3.97. The highest BCUT2D eigenvalue weighted by atomic mass is 35.5. The lowest BCUT2D eigenvalue weighted by atomic mass is 9.95. The Morgan fingerprint density at radius 2 is 1.73 bits per heavy atom. The van der Waals surface area contributed by atoms with Gasteiger partial charge in [0.25, 0.3) is 5.91 Å². The Labute approximate surface area is 220 Å². The van der Waals surface area contributed by atoms with E-state index in [-0.39, 0.29) is 11.7 Å². The summed E-state index contributed by atoms with van der Waals surface area (Å²) in [7, 11) is 0. The number of halogens is 1. The lowest BCUT2D eigenvalue weighted by Gasteiger charge is -2.27. The van der Waals surface area contributed by atoms with E-state index in [9.17, 15) is 9.90 Å². The number of aromatic hydroxyl groups is 1. The van der Waals surface area contributed by atoms with Gasteiger partial charge in [0, 0.05) is 22.7 Å². The molecule has 1 aliphatic rings. The molecule has 4 aromatic rings. The molecule has 190 valence electrons. The number of carbonyl (C=O) groups is 1. The van der Waals surface area contributed by atoms with Crippen LogP contribution in [0.15, 0.2) is 60.7 Å². The standard InChI is InChI=1S/C29H28ClN3O4/c1-4-36-23-13-10-19(14-24(23)37-5-2)28-25-26(21-15-20(30)11-12-22(21)34)31-32-27(25)29(35)33(28)16-18-8-6-17(3)7-9-18/h6-15,28,34H,4-5,16H2,1-3H3,(H,31,32). The topological polar surface area (TPSA) is 87.7 Å². The van der Waals surface area contributed by atoms with Gasteiger partial charge < -0.3 is 19.5 Å². The lowest BCUT2D eigenvalue weighted by Crippen LogP contribution is -2.29. The molecular weight excluding hydrogens is 490 g/mol. The fourth-order valence-corrected chi connectivity index (χ4v) is 4.91. The first-order valence-electron chi connectivity index (χ1n) is 12.2. The van der Waals surface area contributed by atoms with E-state index in [0.717, 1.165) is 16.7 Å². The zero-order valence-corrected chi connectivity index (χ0v) is 21.7. The average molecular weight is 518 g/mol. The number of aryl methyl sites for hydroxylation is 1. The lowest BCUT2D eigenvalue weighted by molar-refractivity contribution is 0.0730. The Morgan fingerprint density at radius 3 is 2.46 bits per heavy atom. The minimum Gasteiger partial charge on any atom is -0.507 e. The highest BCUT2D eigenvalue weighted by Crippen LogP contribution is 2.46. The number of aromatic amines is 1. The largest absolute Gasteiger partial charge is 0.507 e. The number of H-pyrrole nitrogens is 1. The summed E-state index contributed by atoms with van der Waals surface area (Å²) < 4.78 is 11.7. The predicted molar refractivity (Wildman–Crippen MR) is 142 cm³/mol. The Morgan fingerprint density at radius 1 is 1.00 bits per heavy atom. The molecule has 0 radical (unpaired) electrons. The van der Waals surface area contributed by atoms with Crippen molar-refractivity contribution in [3.63, 3.8) is 0 Å². The molecule has 0 spiro atoms. The summed E-state index contributed by atoms with van der Waals surface area (Å²) in [6, 6.07) is 18.2. The van der Waals surface area contributed by atoms with Gasteiger partial charge in [0.05, 0.1) is 19.3 Å². The normalized spacial score (nSPS) is 14.6. The van der Waals surface area contributed by atoms with E-state index in [4.69, 9.17) is 21.1 Å². The van der Waals surface area contributed by atoms with Crippen LogP contribution >= 0.6 is 11.6 Å². The van der Waals surface area contributed by atoms with Gasteiger partial charge in [0.1, 0.15) is 17.1 Å². The van der Waals surface area contributed by atoms with Gasteiger partial charge in [-0.2, -0.15) is 5.10 Å². The van der Waals surface area contributed by atoms with E-state index < -0.39 is 6.04 Å². The van der Waals surface area contributed by atoms with Crippen LogP contribution in [0.3, 0.4) is 0 Å². The molecule has 0 saturated carbocycles. The second-order valence-corrected chi connectivity index (χ2v) is 9.35. The van der Waals surface area contributed by atoms with Gasteiger partial charge in [-0.25, -0.2) is 0 Å². The number of hydrogen-bond acceptors (Lipinski definition) is 5. The molecule has 2 heterocycles. The monoisotopic (exact) mass is 517 g/mol. The van der Waals surface area contributed by atoms with Crippen LogP contribution in [-0.4, -0.2) is 39.3 Å². The number of amides is 1. The Kier molecular flexibility index (Phi) is 6.80. The number of phenols is 1. The second kappa shape index (κ2) is 10.2. The van der Waals surface area contributed by atoms with E-state index >= 15 is 0 Å². The van der Waals surface area contributed by atoms with E-state index in [1.54, 1.807) is 12.1 Å². The number of benzene rings is 3. The third-order valence-corrected chi connectivity index (χ3v) is 6.67. The third-order valence-electron chi connectivity index (χ3n) is 6.43. The average Bonchev–Trinajstić information content (AvgIpc) is 3.42. The smallest absolute Gasteiger partial charge is 0.273 e. The minimum absolute atomic E-state index is 0.0311. The van der Waals surface area contributed by atoms with Crippen LogP contribution < -0.4 is 9.47 Å². The van der Waals surface area contributed by atoms with Gasteiger partial charge in [-0.15, -0.1) is 0 Å². The highest BCUT2D eigenvalue weighted by molar-refractivity contribution is 6.31. The van der Waals surface area contributed by atoms with Crippen LogP contribution in [0.5, 0.6) is 17.2 Å². The molecule has 37 heavy (non-hydrogen) atoms. The van der Waals surface area contributed by atoms with Crippen LogP contribution in [0.2, 0.25) is 5.02 Å². The van der Waals surface area contributed by atoms with Gasteiger partial charge in [-0.05, 0) is 62.2 Å². The maximum atomic E-state index is 13.7. The van der Waals surface area contributed by atoms with Crippen LogP contribution in [0.25, 0.3) is 11.3 Å². The van der Waals surface area contributed by atoms with E-state index in [1.807, 2.05) is 68.1 Å². The highest BCUT2D eigenvalue weighted by Gasteiger charge is 2.42. The quantitative estimate of drug-likeness (QED) is 0.287. The summed E-state index contributed by atoms with van der Waals surface area (Å²) in [5.41, 5.74) is 5.00. The fraction of sp³-hybridized carbons (Fsp3) is 0.241. The zero-order valence-electron chi connectivity index (χ0n) is 20.9. The summed E-state index contributed by atoms with van der Waals surface area (Å²) in [4.78, 5) is 15.5. The Bertz CT molecular complexity index is 1450. The number of rotatable bonds is 8. The van der Waals surface area contributed by atoms with Gasteiger partial charge in [0.15, 0.2) is 11.5 Å². The molecule has 1 aliphatic heterocycles. The number of carbonyl (C=O) groups excluding carboxylic acids is 1. The van der Waals surface area contributed by atoms with E-state index in [1.165, 1.54) is 6.07 Å². The van der Waals surface area contributed by atoms with Crippen LogP contribution in [-0.2, 0) is 6.54 Å². The van der Waals surface area contributed by atoms with Gasteiger partial charge in [0.2, 0.25) is 0 Å². The van der Waals surface area contributed by atoms with Crippen molar-refractivity contribution in [2.45, 2.75) is 33.4 Å². The number of nitrogens with zero attached hydrogens (tertiary/aromatic N) is 2. The Balaban J connectivity index is 1.67. The zero-order chi connectivity index (χ0) is 26.1. The first kappa shape index (κ1) is 24.7. The summed E-state index contributed by atoms with van der Waals surface area (Å²) in [5, 5.41) is 18.5. The van der Waals surface area contributed by atoms with Crippen molar-refractivity contribution in [2.24, 2.45) is 0 Å². The molecule has 5 rings (SSSR count). The minimum atomic E-state index is -0.481. The summed E-state index contributed by atoms with van der Waals surface area (Å²) in [5.74, 6) is 1.10. The number of hydrogen-bond donors (Lipinski definition) is 2. The molecule has 1 amide bonds. The van der Waals surface area contributed by atoms with Crippen molar-refractivity contribution in [3.05, 3.63) is 93.6 Å². The van der Waals surface area contributed by atoms with Gasteiger partial charge >= 0.3 is 0 Å². The van der Waals surface area contributed by atoms with Crippen molar-refractivity contribution in [1.29, 1.82) is 0 Å². The van der Waals surface area contributed by atoms with E-state index in [2.05, 4.69) is 10.2 Å². The van der Waals surface area contributed by atoms with Crippen molar-refractivity contribution >= 4 is 17.5 Å². The third kappa shape index (κ3) is 4.62. The molecule has 2 N–H and O–H groups in total. The summed E-state index contributed by atoms with van der Waals surface area (Å²) >= 11 is 6.26. The number of aromatic nitrogens is 2. The molecule has 0 bridgehead atoms. The molecular formula is C29H28ClN3O4. The first-order valence-corrected chi connectivity index (χ1v) is 12.6. The molecule has 3 aromatic carbocycles. The number of ether oxygens (including phenoxy) is 2. The van der Waals surface area contributed by atoms with Crippen LogP contribution in [0, 0.1) is 6.92 Å². The predicted octanol–water partition coefficient (Wildman–Crippen LogP) is 6.29. The molecule has 0 aliphatic carbocycles. The van der Waals surface area contributed by atoms with Crippen molar-refractivity contribution < 1.29 is 19.4 Å². The van der Waals surface area contributed by atoms with E-state index in [0.29, 0.717) is 58.8 Å². The fourth-order valence-electron chi connectivity index (χ4n) is 4.74. The van der Waals surface area contributed by atoms with Crippen molar-refractivity contribution in [1.82, 2.24) is 15.1 Å². The maximum Gasteiger partial charge on any atom is 0.273 e. The van der Waals surface area contributed by atoms with Gasteiger partial charge in [-0.3, -0.25) is 9.89 Å². The van der Waals surface area contributed by atoms with Crippen molar-refractivity contribution in [2.75, 3.05) is 13.2 Å². The molecule has 0 saturated heterocycles. The summed E-state index contributed by atoms with van der Waals surface area (Å²) in [6.07, 6.45) is 0. The number of fused-ring (bicyclic) bond motifs is 1. The molecule has 1 unspecified atom stereocenters. The SMILES string of the molecule is CCOc1ccc(C2c3c(-c4cc(Cl)ccc4O)n[nH]c3C(=O)N2Cc2ccc(C)cc2)cc1OCC. The van der Waals surface area contributed by atoms with Crippen LogP contribution in [0.4, 0.5) is 0 Å². The molecule has 1 aromatic heterocycles. The maximum absolute atomic E-state index is 13.7. The molecule has 0 fully saturated rings. The molecule has 7 nitrogen and oxygen atoms in total. The summed E-state index contributed by atoms with van der Waals surface area (Å²) in [6.45, 7) is 7.24. The van der Waals surface area contributed by atoms with Gasteiger partial charge in [-0.1, -0.05) is 47.5 Å². The number of phenolic OH excluding ortho intramolecular Hbond substituents is 1. The molecule has 8 heteroatoms. The molecule has 1 atom stereocenters. The number of nitrogens with one attached hydrogen (secondary N) is 1.